The average molecular weight is 266 g/mol. The molecule has 0 aromatic carbocycles. The highest BCUT2D eigenvalue weighted by molar-refractivity contribution is 6.33. The molecule has 13 heavy (non-hydrogen) atoms. The lowest BCUT2D eigenvalue weighted by Gasteiger charge is -2.12. The quantitative estimate of drug-likeness (QED) is 0.444. The summed E-state index contributed by atoms with van der Waals surface area (Å²) < 4.78 is 0. The van der Waals surface area contributed by atoms with Gasteiger partial charge in [-0.1, -0.05) is 19.3 Å². The van der Waals surface area contributed by atoms with Crippen LogP contribution in [-0.2, 0) is 0 Å². The van der Waals surface area contributed by atoms with E-state index in [0.717, 1.165) is 25.1 Å². The molecule has 0 fully saturated rings. The molecule has 0 rings (SSSR count). The van der Waals surface area contributed by atoms with E-state index >= 15 is 0 Å². The summed E-state index contributed by atoms with van der Waals surface area (Å²) in [5.74, 6) is 1.18. The molecule has 0 radical (unpaired) electrons. The number of hydrogen-bond acceptors (Lipinski definition) is 0. The summed E-state index contributed by atoms with van der Waals surface area (Å²) in [4.78, 5) is 0. The molecule has 0 saturated heterocycles. The molecule has 0 aliphatic heterocycles. The number of unbranched alkanes of at least 4 members (excludes halogenated alkanes) is 3. The van der Waals surface area contributed by atoms with Crippen molar-refractivity contribution < 1.29 is 0 Å². The van der Waals surface area contributed by atoms with Crippen molar-refractivity contribution in [2.24, 2.45) is 0 Å². The summed E-state index contributed by atoms with van der Waals surface area (Å²) in [7, 11) is 0. The molecule has 0 aliphatic carbocycles. The molecular formula is C9H16Cl4. The Hall–Kier alpha value is 1.16. The van der Waals surface area contributed by atoms with Crippen molar-refractivity contribution >= 4 is 46.4 Å². The number of rotatable bonds is 8. The lowest BCUT2D eigenvalue weighted by atomic mass is 10.1. The lowest BCUT2D eigenvalue weighted by molar-refractivity contribution is 0.611. The van der Waals surface area contributed by atoms with Gasteiger partial charge in [-0.3, -0.25) is 0 Å². The number of alkyl halides is 4. The largest absolute Gasteiger partial charge is 0.127 e. The zero-order valence-electron chi connectivity index (χ0n) is 7.62. The Balaban J connectivity index is 3.21. The Morgan fingerprint density at radius 1 is 0.769 bits per heavy atom. The van der Waals surface area contributed by atoms with Crippen molar-refractivity contribution in [1.29, 1.82) is 0 Å². The minimum absolute atomic E-state index is 0.00941. The van der Waals surface area contributed by atoms with Gasteiger partial charge in [-0.2, -0.15) is 0 Å². The van der Waals surface area contributed by atoms with Crippen molar-refractivity contribution in [2.75, 3.05) is 11.8 Å². The lowest BCUT2D eigenvalue weighted by Crippen LogP contribution is -2.16. The van der Waals surface area contributed by atoms with Gasteiger partial charge in [0.25, 0.3) is 0 Å². The van der Waals surface area contributed by atoms with Crippen LogP contribution in [0.2, 0.25) is 0 Å². The summed E-state index contributed by atoms with van der Waals surface area (Å²) in [5.41, 5.74) is 0. The summed E-state index contributed by atoms with van der Waals surface area (Å²) in [6.07, 6.45) is 5.52. The van der Waals surface area contributed by atoms with Gasteiger partial charge in [-0.05, 0) is 12.8 Å². The van der Waals surface area contributed by atoms with Gasteiger partial charge < -0.3 is 0 Å². The van der Waals surface area contributed by atoms with Gasteiger partial charge in [0.05, 0.1) is 10.8 Å². The molecular weight excluding hydrogens is 250 g/mol. The van der Waals surface area contributed by atoms with Gasteiger partial charge >= 0.3 is 0 Å². The maximum absolute atomic E-state index is 6.00. The molecule has 0 spiro atoms. The van der Waals surface area contributed by atoms with Crippen LogP contribution in [0.3, 0.4) is 0 Å². The Labute approximate surface area is 101 Å². The van der Waals surface area contributed by atoms with Crippen molar-refractivity contribution in [3.8, 4) is 0 Å². The van der Waals surface area contributed by atoms with Gasteiger partial charge in [0, 0.05) is 11.8 Å². The van der Waals surface area contributed by atoms with E-state index in [0.29, 0.717) is 5.88 Å². The fourth-order valence-electron chi connectivity index (χ4n) is 1.06. The third-order valence-electron chi connectivity index (χ3n) is 1.90. The summed E-state index contributed by atoms with van der Waals surface area (Å²) >= 11 is 23.0. The van der Waals surface area contributed by atoms with Crippen LogP contribution in [-0.4, -0.2) is 22.5 Å². The van der Waals surface area contributed by atoms with E-state index < -0.39 is 0 Å². The molecule has 0 saturated carbocycles. The fraction of sp³-hybridized carbons (Fsp3) is 1.00. The van der Waals surface area contributed by atoms with Gasteiger partial charge in [0.1, 0.15) is 0 Å². The van der Waals surface area contributed by atoms with Gasteiger partial charge in [-0.25, -0.2) is 0 Å². The monoisotopic (exact) mass is 264 g/mol. The van der Waals surface area contributed by atoms with Crippen LogP contribution in [0, 0.1) is 0 Å². The molecule has 0 bridgehead atoms. The molecule has 0 aliphatic rings. The Morgan fingerprint density at radius 3 is 1.92 bits per heavy atom. The Morgan fingerprint density at radius 2 is 1.38 bits per heavy atom. The molecule has 0 nitrogen and oxygen atoms in total. The van der Waals surface area contributed by atoms with Gasteiger partial charge in [0.15, 0.2) is 0 Å². The van der Waals surface area contributed by atoms with Gasteiger partial charge in [0.2, 0.25) is 0 Å². The Bertz CT molecular complexity index is 108. The van der Waals surface area contributed by atoms with E-state index in [1.807, 2.05) is 0 Å². The molecule has 2 atom stereocenters. The van der Waals surface area contributed by atoms with Crippen LogP contribution >= 0.6 is 46.4 Å². The standard InChI is InChI=1S/C9H16Cl4/c10-6-4-2-1-3-5-8(12)9(13)7-11/h8-9H,1-7H2. The highest BCUT2D eigenvalue weighted by atomic mass is 35.5. The predicted molar refractivity (Wildman–Crippen MR) is 63.8 cm³/mol. The number of hydrogen-bond donors (Lipinski definition) is 0. The van der Waals surface area contributed by atoms with Crippen LogP contribution < -0.4 is 0 Å². The second-order valence-electron chi connectivity index (χ2n) is 3.08. The zero-order valence-corrected chi connectivity index (χ0v) is 10.6. The van der Waals surface area contributed by atoms with E-state index in [4.69, 9.17) is 46.4 Å². The summed E-state index contributed by atoms with van der Waals surface area (Å²) in [6, 6.07) is 0. The van der Waals surface area contributed by atoms with Crippen molar-refractivity contribution in [3.63, 3.8) is 0 Å². The molecule has 4 heteroatoms. The topological polar surface area (TPSA) is 0 Å². The first-order valence-electron chi connectivity index (χ1n) is 4.62. The van der Waals surface area contributed by atoms with Crippen molar-refractivity contribution in [3.05, 3.63) is 0 Å². The van der Waals surface area contributed by atoms with E-state index in [1.165, 1.54) is 12.8 Å². The average Bonchev–Trinajstić information content (AvgIpc) is 2.16. The second kappa shape index (κ2) is 9.71. The molecule has 0 aromatic rings. The zero-order chi connectivity index (χ0) is 10.1. The van der Waals surface area contributed by atoms with E-state index in [9.17, 15) is 0 Å². The van der Waals surface area contributed by atoms with Crippen molar-refractivity contribution in [1.82, 2.24) is 0 Å². The molecule has 0 heterocycles. The molecule has 0 N–H and O–H groups in total. The van der Waals surface area contributed by atoms with Crippen LogP contribution in [0.4, 0.5) is 0 Å². The molecule has 0 aromatic heterocycles. The first-order chi connectivity index (χ1) is 6.22. The first kappa shape index (κ1) is 14.2. The highest BCUT2D eigenvalue weighted by Crippen LogP contribution is 2.18. The normalized spacial score (nSPS) is 15.7. The highest BCUT2D eigenvalue weighted by Gasteiger charge is 2.14. The van der Waals surface area contributed by atoms with Crippen LogP contribution in [0.25, 0.3) is 0 Å². The van der Waals surface area contributed by atoms with Crippen LogP contribution in [0.15, 0.2) is 0 Å². The van der Waals surface area contributed by atoms with Gasteiger partial charge in [-0.15, -0.1) is 46.4 Å². The Kier molecular flexibility index (Phi) is 10.6. The number of halogens is 4. The fourth-order valence-corrected chi connectivity index (χ4v) is 1.93. The SMILES string of the molecule is ClCCCCCCC(Cl)C(Cl)CCl. The minimum atomic E-state index is -0.101. The predicted octanol–water partition coefficient (Wildman–Crippen LogP) is 4.63. The minimum Gasteiger partial charge on any atom is -0.127 e. The van der Waals surface area contributed by atoms with Crippen LogP contribution in [0.5, 0.6) is 0 Å². The first-order valence-corrected chi connectivity index (χ1v) is 6.56. The molecule has 80 valence electrons. The van der Waals surface area contributed by atoms with E-state index in [-0.39, 0.29) is 10.8 Å². The molecule has 2 unspecified atom stereocenters. The second-order valence-corrected chi connectivity index (χ2v) is 4.89. The maximum Gasteiger partial charge on any atom is 0.0634 e. The third kappa shape index (κ3) is 8.17. The maximum atomic E-state index is 6.00. The smallest absolute Gasteiger partial charge is 0.0634 e. The van der Waals surface area contributed by atoms with Crippen molar-refractivity contribution in [2.45, 2.75) is 42.9 Å². The van der Waals surface area contributed by atoms with E-state index in [1.54, 1.807) is 0 Å². The van der Waals surface area contributed by atoms with E-state index in [2.05, 4.69) is 0 Å². The summed E-state index contributed by atoms with van der Waals surface area (Å²) in [6.45, 7) is 0. The molecule has 0 amide bonds. The summed E-state index contributed by atoms with van der Waals surface area (Å²) in [5, 5.41) is -0.0912. The third-order valence-corrected chi connectivity index (χ3v) is 3.77. The van der Waals surface area contributed by atoms with Crippen LogP contribution in [0.1, 0.15) is 32.1 Å².